The van der Waals surface area contributed by atoms with Crippen LogP contribution in [0.5, 0.6) is 0 Å². The van der Waals surface area contributed by atoms with Crippen molar-refractivity contribution in [2.45, 2.75) is 31.0 Å². The van der Waals surface area contributed by atoms with Crippen molar-refractivity contribution in [1.82, 2.24) is 20.6 Å². The van der Waals surface area contributed by atoms with Crippen molar-refractivity contribution >= 4 is 46.0 Å². The van der Waals surface area contributed by atoms with Gasteiger partial charge in [0.15, 0.2) is 0 Å². The van der Waals surface area contributed by atoms with Gasteiger partial charge in [-0.05, 0) is 36.6 Å². The van der Waals surface area contributed by atoms with Crippen molar-refractivity contribution in [3.63, 3.8) is 0 Å². The minimum absolute atomic E-state index is 0.0119. The Balaban J connectivity index is 1.63. The summed E-state index contributed by atoms with van der Waals surface area (Å²) < 4.78 is 45.3. The first-order chi connectivity index (χ1) is 16.6. The van der Waals surface area contributed by atoms with Crippen LogP contribution in [-0.4, -0.2) is 47.6 Å². The number of H-pyrrole nitrogens is 1. The van der Waals surface area contributed by atoms with Gasteiger partial charge in [-0.25, -0.2) is 4.98 Å². The highest BCUT2D eigenvalue weighted by atomic mass is 35.5. The molecule has 1 saturated heterocycles. The maximum absolute atomic E-state index is 13.3. The van der Waals surface area contributed by atoms with E-state index in [0.717, 1.165) is 12.8 Å². The topological polar surface area (TPSA) is 96.1 Å². The minimum Gasteiger partial charge on any atom is -0.376 e. The van der Waals surface area contributed by atoms with Crippen LogP contribution in [0.15, 0.2) is 36.4 Å². The summed E-state index contributed by atoms with van der Waals surface area (Å²) in [4.78, 5) is 31.9. The van der Waals surface area contributed by atoms with Crippen LogP contribution in [-0.2, 0) is 15.7 Å². The van der Waals surface area contributed by atoms with Crippen LogP contribution >= 0.6 is 23.2 Å². The van der Waals surface area contributed by atoms with Gasteiger partial charge in [0.05, 0.1) is 38.7 Å². The molecule has 0 aliphatic carbocycles. The first kappa shape index (κ1) is 25.3. The van der Waals surface area contributed by atoms with Crippen molar-refractivity contribution in [3.05, 3.63) is 63.4 Å². The van der Waals surface area contributed by atoms with Crippen molar-refractivity contribution < 1.29 is 27.5 Å². The van der Waals surface area contributed by atoms with E-state index in [4.69, 9.17) is 27.9 Å². The summed E-state index contributed by atoms with van der Waals surface area (Å²) in [5.74, 6) is -3.34. The molecule has 2 aromatic carbocycles. The molecule has 2 heterocycles. The first-order valence-corrected chi connectivity index (χ1v) is 11.6. The lowest BCUT2D eigenvalue weighted by Gasteiger charge is -2.20. The second-order valence-corrected chi connectivity index (χ2v) is 8.88. The Hall–Kier alpha value is -2.82. The van der Waals surface area contributed by atoms with Crippen molar-refractivity contribution in [1.29, 1.82) is 0 Å². The fraction of sp³-hybridized carbons (Fsp3) is 0.348. The number of alkyl halides is 3. The van der Waals surface area contributed by atoms with Gasteiger partial charge < -0.3 is 20.4 Å². The van der Waals surface area contributed by atoms with Gasteiger partial charge in [0.2, 0.25) is 11.7 Å². The summed E-state index contributed by atoms with van der Waals surface area (Å²) in [6.07, 6.45) is -3.17. The number of hydrogen-bond donors (Lipinski definition) is 3. The highest BCUT2D eigenvalue weighted by Gasteiger charge is 2.36. The molecule has 2 amide bonds. The smallest absolute Gasteiger partial charge is 0.376 e. The molecular formula is C23H21Cl2F3N4O3. The molecule has 1 fully saturated rings. The Morgan fingerprint density at radius 2 is 1.86 bits per heavy atom. The fourth-order valence-electron chi connectivity index (χ4n) is 3.95. The van der Waals surface area contributed by atoms with Crippen LogP contribution in [0.2, 0.25) is 10.0 Å². The predicted molar refractivity (Wildman–Crippen MR) is 125 cm³/mol. The van der Waals surface area contributed by atoms with Crippen LogP contribution in [0.25, 0.3) is 11.0 Å². The van der Waals surface area contributed by atoms with Gasteiger partial charge in [-0.3, -0.25) is 9.59 Å². The lowest BCUT2D eigenvalue weighted by atomic mass is 9.96. The molecule has 1 aromatic heterocycles. The number of rotatable bonds is 7. The second-order valence-electron chi connectivity index (χ2n) is 8.07. The summed E-state index contributed by atoms with van der Waals surface area (Å²) in [6.45, 7) is 0.612. The summed E-state index contributed by atoms with van der Waals surface area (Å²) in [5, 5.41) is 5.66. The highest BCUT2D eigenvalue weighted by Crippen LogP contribution is 2.32. The molecule has 0 bridgehead atoms. The van der Waals surface area contributed by atoms with E-state index in [9.17, 15) is 22.8 Å². The van der Waals surface area contributed by atoms with Crippen molar-refractivity contribution in [2.24, 2.45) is 0 Å². The Kier molecular flexibility index (Phi) is 7.53. The number of aromatic amines is 1. The standard InChI is InChI=1S/C23H21Cl2F3N4O3/c24-15-6-2-7-16(25)18(15)21(34)30-11-14(20(33)29-10-12-4-3-9-35-12)13-5-1-8-17-19(13)32-22(31-17)23(26,27)28/h1-2,5-8,12,14H,3-4,9-11H2,(H,29,33)(H,30,34)(H,31,32). The molecule has 4 rings (SSSR count). The van der Waals surface area contributed by atoms with E-state index in [1.54, 1.807) is 6.07 Å². The van der Waals surface area contributed by atoms with Gasteiger partial charge in [-0.15, -0.1) is 0 Å². The Morgan fingerprint density at radius 3 is 2.51 bits per heavy atom. The summed E-state index contributed by atoms with van der Waals surface area (Å²) in [6, 6.07) is 9.04. The molecule has 186 valence electrons. The lowest BCUT2D eigenvalue weighted by molar-refractivity contribution is -0.144. The molecular weight excluding hydrogens is 508 g/mol. The largest absolute Gasteiger partial charge is 0.449 e. The number of carbonyl (C=O) groups excluding carboxylic acids is 2. The van der Waals surface area contributed by atoms with E-state index < -0.39 is 29.7 Å². The van der Waals surface area contributed by atoms with E-state index in [-0.39, 0.29) is 51.4 Å². The third kappa shape index (κ3) is 5.71. The molecule has 35 heavy (non-hydrogen) atoms. The van der Waals surface area contributed by atoms with Crippen LogP contribution in [0, 0.1) is 0 Å². The highest BCUT2D eigenvalue weighted by molar-refractivity contribution is 6.39. The average molecular weight is 529 g/mol. The van der Waals surface area contributed by atoms with E-state index in [2.05, 4.69) is 20.6 Å². The number of amides is 2. The second kappa shape index (κ2) is 10.4. The Bertz CT molecular complexity index is 1220. The zero-order valence-electron chi connectivity index (χ0n) is 18.2. The van der Waals surface area contributed by atoms with Gasteiger partial charge in [0.25, 0.3) is 5.91 Å². The zero-order chi connectivity index (χ0) is 25.2. The van der Waals surface area contributed by atoms with E-state index in [1.165, 1.54) is 30.3 Å². The third-order valence-corrected chi connectivity index (χ3v) is 6.32. The van der Waals surface area contributed by atoms with Gasteiger partial charge in [-0.1, -0.05) is 41.4 Å². The zero-order valence-corrected chi connectivity index (χ0v) is 19.7. The fourth-order valence-corrected chi connectivity index (χ4v) is 4.52. The third-order valence-electron chi connectivity index (χ3n) is 5.69. The molecule has 1 aliphatic heterocycles. The number of halogens is 5. The number of para-hydroxylation sites is 1. The monoisotopic (exact) mass is 528 g/mol. The number of aromatic nitrogens is 2. The van der Waals surface area contributed by atoms with Gasteiger partial charge in [0.1, 0.15) is 0 Å². The SMILES string of the molecule is O=C(NCC(C(=O)NCC1CCCO1)c1cccc2[nH]c(C(F)(F)F)nc12)c1c(Cl)cccc1Cl. The summed E-state index contributed by atoms with van der Waals surface area (Å²) >= 11 is 12.2. The number of hydrogen-bond acceptors (Lipinski definition) is 4. The van der Waals surface area contributed by atoms with E-state index in [0.29, 0.717) is 6.61 Å². The summed E-state index contributed by atoms with van der Waals surface area (Å²) in [5.41, 5.74) is 0.366. The molecule has 7 nitrogen and oxygen atoms in total. The number of ether oxygens (including phenoxy) is 1. The molecule has 0 saturated carbocycles. The van der Waals surface area contributed by atoms with Crippen LogP contribution < -0.4 is 10.6 Å². The maximum atomic E-state index is 13.3. The first-order valence-electron chi connectivity index (χ1n) is 10.8. The van der Waals surface area contributed by atoms with Gasteiger partial charge >= 0.3 is 6.18 Å². The lowest BCUT2D eigenvalue weighted by Crippen LogP contribution is -2.40. The van der Waals surface area contributed by atoms with E-state index in [1.807, 2.05) is 0 Å². The van der Waals surface area contributed by atoms with Crippen LogP contribution in [0.3, 0.4) is 0 Å². The Morgan fingerprint density at radius 1 is 1.14 bits per heavy atom. The molecule has 2 unspecified atom stereocenters. The maximum Gasteiger partial charge on any atom is 0.449 e. The quantitative estimate of drug-likeness (QED) is 0.414. The normalized spacial score (nSPS) is 16.9. The van der Waals surface area contributed by atoms with Crippen molar-refractivity contribution in [3.8, 4) is 0 Å². The number of benzene rings is 2. The molecule has 2 atom stereocenters. The number of nitrogens with one attached hydrogen (secondary N) is 3. The molecule has 0 spiro atoms. The van der Waals surface area contributed by atoms with Crippen LogP contribution in [0.1, 0.15) is 40.5 Å². The molecule has 3 aromatic rings. The van der Waals surface area contributed by atoms with Gasteiger partial charge in [0, 0.05) is 19.7 Å². The number of carbonyl (C=O) groups is 2. The predicted octanol–water partition coefficient (Wildman–Crippen LogP) is 4.70. The average Bonchev–Trinajstić information content (AvgIpc) is 3.47. The molecule has 3 N–H and O–H groups in total. The molecule has 12 heteroatoms. The van der Waals surface area contributed by atoms with E-state index >= 15 is 0 Å². The number of imidazole rings is 1. The minimum atomic E-state index is -4.69. The van der Waals surface area contributed by atoms with Crippen molar-refractivity contribution in [2.75, 3.05) is 19.7 Å². The van der Waals surface area contributed by atoms with Crippen LogP contribution in [0.4, 0.5) is 13.2 Å². The van der Waals surface area contributed by atoms with Gasteiger partial charge in [-0.2, -0.15) is 13.2 Å². The Labute approximate surface area is 208 Å². The molecule has 0 radical (unpaired) electrons. The molecule has 1 aliphatic rings. The number of nitrogens with zero attached hydrogens (tertiary/aromatic N) is 1. The number of fused-ring (bicyclic) bond motifs is 1. The summed E-state index contributed by atoms with van der Waals surface area (Å²) in [7, 11) is 0.